The molecule has 0 aliphatic rings. The normalized spacial score (nSPS) is 11.1. The van der Waals surface area contributed by atoms with Crippen LogP contribution in [0.25, 0.3) is 10.9 Å². The summed E-state index contributed by atoms with van der Waals surface area (Å²) in [5, 5.41) is 14.6. The maximum atomic E-state index is 13.2. The summed E-state index contributed by atoms with van der Waals surface area (Å²) in [5.41, 5.74) is 2.17. The highest BCUT2D eigenvalue weighted by atomic mass is 79.9. The fourth-order valence-corrected chi connectivity index (χ4v) is 4.68. The van der Waals surface area contributed by atoms with E-state index in [-0.39, 0.29) is 17.2 Å². The van der Waals surface area contributed by atoms with Crippen molar-refractivity contribution in [2.75, 3.05) is 6.61 Å². The summed E-state index contributed by atoms with van der Waals surface area (Å²) in [7, 11) is 0. The number of ether oxygens (including phenoxy) is 2. The van der Waals surface area contributed by atoms with Crippen LogP contribution in [0.5, 0.6) is 11.5 Å². The van der Waals surface area contributed by atoms with Crippen LogP contribution in [-0.4, -0.2) is 22.5 Å². The average molecular weight is 645 g/mol. The summed E-state index contributed by atoms with van der Waals surface area (Å²) < 4.78 is 14.4. The lowest BCUT2D eigenvalue weighted by atomic mass is 10.1. The number of fused-ring (bicyclic) bond motifs is 1. The Bertz CT molecular complexity index is 1610. The zero-order valence-electron chi connectivity index (χ0n) is 20.0. The average Bonchev–Trinajstić information content (AvgIpc) is 2.91. The molecule has 188 valence electrons. The molecule has 0 unspecified atom stereocenters. The van der Waals surface area contributed by atoms with Gasteiger partial charge >= 0.3 is 0 Å². The summed E-state index contributed by atoms with van der Waals surface area (Å²) in [4.78, 5) is 17.8. The molecule has 4 aromatic rings. The van der Waals surface area contributed by atoms with E-state index in [0.717, 1.165) is 10.0 Å². The number of rotatable bonds is 8. The molecule has 0 spiro atoms. The second kappa shape index (κ2) is 11.9. The minimum Gasteiger partial charge on any atom is -0.490 e. The molecule has 3 aromatic carbocycles. The largest absolute Gasteiger partial charge is 0.490 e. The fraction of sp³-hybridized carbons (Fsp3) is 0.185. The van der Waals surface area contributed by atoms with Gasteiger partial charge in [-0.05, 0) is 53.2 Å². The first-order valence-corrected chi connectivity index (χ1v) is 13.3. The molecule has 37 heavy (non-hydrogen) atoms. The first-order chi connectivity index (χ1) is 17.9. The van der Waals surface area contributed by atoms with Crippen LogP contribution in [0.1, 0.15) is 36.4 Å². The second-order valence-electron chi connectivity index (χ2n) is 7.82. The van der Waals surface area contributed by atoms with Crippen LogP contribution >= 0.6 is 43.5 Å². The Hall–Kier alpha value is -3.19. The number of aryl methyl sites for hydroxylation is 1. The van der Waals surface area contributed by atoms with Gasteiger partial charge in [-0.3, -0.25) is 4.79 Å². The van der Waals surface area contributed by atoms with Gasteiger partial charge in [0.15, 0.2) is 11.5 Å². The molecule has 0 saturated heterocycles. The number of benzene rings is 3. The van der Waals surface area contributed by atoms with Gasteiger partial charge in [0.1, 0.15) is 17.5 Å². The molecule has 0 amide bonds. The van der Waals surface area contributed by atoms with Crippen LogP contribution < -0.4 is 15.0 Å². The molecule has 10 heteroatoms. The molecule has 4 rings (SSSR count). The zero-order valence-corrected chi connectivity index (χ0v) is 23.9. The van der Waals surface area contributed by atoms with Crippen LogP contribution in [0.3, 0.4) is 0 Å². The maximum Gasteiger partial charge on any atom is 0.282 e. The highest BCUT2D eigenvalue weighted by molar-refractivity contribution is 9.10. The molecule has 0 atom stereocenters. The molecule has 0 N–H and O–H groups in total. The summed E-state index contributed by atoms with van der Waals surface area (Å²) in [5.74, 6) is 1.28. The van der Waals surface area contributed by atoms with Crippen molar-refractivity contribution >= 4 is 60.6 Å². The molecule has 0 aliphatic carbocycles. The SMILES string of the molecule is CCOc1cc(C=Nn2c(CC)nc3ccc(Br)cc3c2=O)c(Br)c(Cl)c1OCc1ccccc1C#N. The Kier molecular flexibility index (Phi) is 8.64. The molecular formula is C27H21Br2ClN4O3. The van der Waals surface area contributed by atoms with Gasteiger partial charge < -0.3 is 9.47 Å². The predicted molar refractivity (Wildman–Crippen MR) is 152 cm³/mol. The van der Waals surface area contributed by atoms with Crippen LogP contribution in [0.2, 0.25) is 5.02 Å². The van der Waals surface area contributed by atoms with Crippen molar-refractivity contribution in [1.82, 2.24) is 9.66 Å². The van der Waals surface area contributed by atoms with Gasteiger partial charge in [-0.2, -0.15) is 15.0 Å². The van der Waals surface area contributed by atoms with E-state index in [1.807, 2.05) is 32.0 Å². The van der Waals surface area contributed by atoms with E-state index in [1.54, 1.807) is 30.3 Å². The molecule has 1 heterocycles. The lowest BCUT2D eigenvalue weighted by Gasteiger charge is -2.16. The highest BCUT2D eigenvalue weighted by Crippen LogP contribution is 2.42. The molecule has 0 bridgehead atoms. The Labute approximate surface area is 235 Å². The Morgan fingerprint density at radius 3 is 2.68 bits per heavy atom. The summed E-state index contributed by atoms with van der Waals surface area (Å²) in [6.07, 6.45) is 2.04. The van der Waals surface area contributed by atoms with E-state index in [2.05, 4.69) is 48.0 Å². The molecule has 1 aromatic heterocycles. The smallest absolute Gasteiger partial charge is 0.282 e. The van der Waals surface area contributed by atoms with Crippen LogP contribution in [-0.2, 0) is 13.0 Å². The van der Waals surface area contributed by atoms with E-state index in [4.69, 9.17) is 21.1 Å². The lowest BCUT2D eigenvalue weighted by Crippen LogP contribution is -2.22. The minimum atomic E-state index is -0.275. The summed E-state index contributed by atoms with van der Waals surface area (Å²) in [6, 6.07) is 16.5. The Morgan fingerprint density at radius 2 is 1.95 bits per heavy atom. The van der Waals surface area contributed by atoms with Gasteiger partial charge in [0.25, 0.3) is 5.56 Å². The Morgan fingerprint density at radius 1 is 1.16 bits per heavy atom. The number of halogens is 3. The number of hydrogen-bond acceptors (Lipinski definition) is 6. The van der Waals surface area contributed by atoms with Gasteiger partial charge in [-0.25, -0.2) is 4.98 Å². The third-order valence-electron chi connectivity index (χ3n) is 5.47. The second-order valence-corrected chi connectivity index (χ2v) is 9.90. The molecular weight excluding hydrogens is 624 g/mol. The van der Waals surface area contributed by atoms with Crippen molar-refractivity contribution in [2.45, 2.75) is 26.9 Å². The van der Waals surface area contributed by atoms with Crippen LogP contribution in [0.15, 0.2) is 67.4 Å². The maximum absolute atomic E-state index is 13.2. The molecule has 0 radical (unpaired) electrons. The van der Waals surface area contributed by atoms with E-state index in [0.29, 0.717) is 56.9 Å². The monoisotopic (exact) mass is 642 g/mol. The van der Waals surface area contributed by atoms with Gasteiger partial charge in [-0.1, -0.05) is 52.7 Å². The first kappa shape index (κ1) is 26.9. The van der Waals surface area contributed by atoms with Gasteiger partial charge in [0.05, 0.1) is 35.4 Å². The molecule has 0 saturated carbocycles. The quantitative estimate of drug-likeness (QED) is 0.195. The topological polar surface area (TPSA) is 89.5 Å². The van der Waals surface area contributed by atoms with Crippen molar-refractivity contribution in [3.8, 4) is 17.6 Å². The van der Waals surface area contributed by atoms with Crippen molar-refractivity contribution in [3.05, 3.63) is 95.4 Å². The Balaban J connectivity index is 1.74. The van der Waals surface area contributed by atoms with Gasteiger partial charge in [-0.15, -0.1) is 0 Å². The summed E-state index contributed by atoms with van der Waals surface area (Å²) >= 11 is 13.6. The first-order valence-electron chi connectivity index (χ1n) is 11.4. The summed E-state index contributed by atoms with van der Waals surface area (Å²) in [6.45, 7) is 4.28. The van der Waals surface area contributed by atoms with E-state index in [9.17, 15) is 10.1 Å². The van der Waals surface area contributed by atoms with Crippen molar-refractivity contribution < 1.29 is 9.47 Å². The van der Waals surface area contributed by atoms with Crippen LogP contribution in [0.4, 0.5) is 0 Å². The molecule has 0 aliphatic heterocycles. The number of aromatic nitrogens is 2. The standard InChI is InChI=1S/C27H21Br2ClN4O3/c1-3-23-33-21-10-9-19(28)12-20(21)27(35)34(23)32-14-18-11-22(36-4-2)26(25(30)24(18)29)37-15-17-8-6-5-7-16(17)13-31/h5-12,14H,3-4,15H2,1-2H3. The van der Waals surface area contributed by atoms with E-state index < -0.39 is 0 Å². The number of hydrogen-bond donors (Lipinski definition) is 0. The fourth-order valence-electron chi connectivity index (χ4n) is 3.66. The van der Waals surface area contributed by atoms with Crippen molar-refractivity contribution in [1.29, 1.82) is 5.26 Å². The van der Waals surface area contributed by atoms with E-state index >= 15 is 0 Å². The lowest BCUT2D eigenvalue weighted by molar-refractivity contribution is 0.269. The molecule has 7 nitrogen and oxygen atoms in total. The van der Waals surface area contributed by atoms with Gasteiger partial charge in [0, 0.05) is 26.5 Å². The number of nitriles is 1. The molecule has 0 fully saturated rings. The predicted octanol–water partition coefficient (Wildman–Crippen LogP) is 6.87. The van der Waals surface area contributed by atoms with Crippen LogP contribution in [0, 0.1) is 11.3 Å². The zero-order chi connectivity index (χ0) is 26.5. The van der Waals surface area contributed by atoms with E-state index in [1.165, 1.54) is 10.9 Å². The third-order valence-corrected chi connectivity index (χ3v) is 7.41. The van der Waals surface area contributed by atoms with Crippen molar-refractivity contribution in [2.24, 2.45) is 5.10 Å². The number of nitrogens with zero attached hydrogens (tertiary/aromatic N) is 4. The van der Waals surface area contributed by atoms with Crippen molar-refractivity contribution in [3.63, 3.8) is 0 Å². The highest BCUT2D eigenvalue weighted by Gasteiger charge is 2.18. The van der Waals surface area contributed by atoms with Gasteiger partial charge in [0.2, 0.25) is 0 Å². The third kappa shape index (κ3) is 5.72. The minimum absolute atomic E-state index is 0.136.